The lowest BCUT2D eigenvalue weighted by Crippen LogP contribution is -2.27. The SMILES string of the molecule is CCCOc1c(Br)cc(/C=C2\SC(=O)N(Cc3cc4c(cc3Cl)OCO4)C2=O)cc1OCC. The number of rotatable bonds is 8. The zero-order valence-corrected chi connectivity index (χ0v) is 21.1. The molecule has 4 rings (SSSR count). The van der Waals surface area contributed by atoms with Gasteiger partial charge < -0.3 is 18.9 Å². The normalized spacial score (nSPS) is 16.1. The summed E-state index contributed by atoms with van der Waals surface area (Å²) in [6.07, 6.45) is 2.53. The van der Waals surface area contributed by atoms with Crippen molar-refractivity contribution in [2.75, 3.05) is 20.0 Å². The summed E-state index contributed by atoms with van der Waals surface area (Å²) >= 11 is 10.7. The van der Waals surface area contributed by atoms with Crippen molar-refractivity contribution < 1.29 is 28.5 Å². The monoisotopic (exact) mass is 553 g/mol. The Bertz CT molecular complexity index is 1140. The molecule has 0 spiro atoms. The van der Waals surface area contributed by atoms with Gasteiger partial charge in [0, 0.05) is 11.1 Å². The Morgan fingerprint density at radius 3 is 2.64 bits per heavy atom. The van der Waals surface area contributed by atoms with Gasteiger partial charge in [-0.25, -0.2) is 0 Å². The first-order valence-corrected chi connectivity index (χ1v) is 12.3. The molecule has 2 aliphatic heterocycles. The highest BCUT2D eigenvalue weighted by molar-refractivity contribution is 9.10. The summed E-state index contributed by atoms with van der Waals surface area (Å²) in [6, 6.07) is 6.94. The van der Waals surface area contributed by atoms with Gasteiger partial charge >= 0.3 is 0 Å². The molecule has 2 aromatic carbocycles. The van der Waals surface area contributed by atoms with Gasteiger partial charge in [-0.05, 0) is 76.4 Å². The van der Waals surface area contributed by atoms with Gasteiger partial charge in [0.05, 0.1) is 29.1 Å². The van der Waals surface area contributed by atoms with E-state index in [9.17, 15) is 9.59 Å². The number of hydrogen-bond donors (Lipinski definition) is 0. The molecule has 0 bridgehead atoms. The Morgan fingerprint density at radius 1 is 1.15 bits per heavy atom. The Kier molecular flexibility index (Phi) is 7.41. The summed E-state index contributed by atoms with van der Waals surface area (Å²) in [5.74, 6) is 1.87. The average Bonchev–Trinajstić information content (AvgIpc) is 3.32. The van der Waals surface area contributed by atoms with Gasteiger partial charge in [0.1, 0.15) is 0 Å². The number of ether oxygens (including phenoxy) is 4. The highest BCUT2D eigenvalue weighted by atomic mass is 79.9. The molecule has 174 valence electrons. The Hall–Kier alpha value is -2.36. The number of carbonyl (C=O) groups excluding carboxylic acids is 2. The smallest absolute Gasteiger partial charge is 0.293 e. The van der Waals surface area contributed by atoms with E-state index < -0.39 is 0 Å². The average molecular weight is 555 g/mol. The largest absolute Gasteiger partial charge is 0.490 e. The number of benzene rings is 2. The highest BCUT2D eigenvalue weighted by Gasteiger charge is 2.36. The lowest BCUT2D eigenvalue weighted by molar-refractivity contribution is -0.123. The number of hydrogen-bond acceptors (Lipinski definition) is 7. The van der Waals surface area contributed by atoms with E-state index in [0.29, 0.717) is 61.7 Å². The van der Waals surface area contributed by atoms with E-state index in [1.54, 1.807) is 24.3 Å². The van der Waals surface area contributed by atoms with Gasteiger partial charge in [-0.15, -0.1) is 0 Å². The molecule has 2 aliphatic rings. The fourth-order valence-electron chi connectivity index (χ4n) is 3.32. The molecular formula is C23H21BrClNO6S. The zero-order chi connectivity index (χ0) is 23.5. The second-order valence-electron chi connectivity index (χ2n) is 7.18. The molecule has 0 aliphatic carbocycles. The molecule has 2 amide bonds. The van der Waals surface area contributed by atoms with Crippen molar-refractivity contribution in [3.8, 4) is 23.0 Å². The number of imide groups is 1. The van der Waals surface area contributed by atoms with Crippen LogP contribution in [0.1, 0.15) is 31.4 Å². The molecule has 1 fully saturated rings. The van der Waals surface area contributed by atoms with E-state index in [-0.39, 0.29) is 24.5 Å². The van der Waals surface area contributed by atoms with Crippen molar-refractivity contribution in [2.45, 2.75) is 26.8 Å². The minimum Gasteiger partial charge on any atom is -0.490 e. The molecule has 10 heteroatoms. The number of amides is 2. The third-order valence-corrected chi connectivity index (χ3v) is 6.67. The van der Waals surface area contributed by atoms with Crippen LogP contribution in [0.25, 0.3) is 6.08 Å². The van der Waals surface area contributed by atoms with E-state index in [2.05, 4.69) is 15.9 Å². The van der Waals surface area contributed by atoms with Gasteiger partial charge in [0.25, 0.3) is 11.1 Å². The van der Waals surface area contributed by atoms with Crippen LogP contribution in [0, 0.1) is 0 Å². The van der Waals surface area contributed by atoms with Crippen LogP contribution in [0.15, 0.2) is 33.6 Å². The molecule has 0 atom stereocenters. The molecule has 0 saturated carbocycles. The summed E-state index contributed by atoms with van der Waals surface area (Å²) in [7, 11) is 0. The minimum absolute atomic E-state index is 0.0369. The first-order chi connectivity index (χ1) is 15.9. The second kappa shape index (κ2) is 10.3. The summed E-state index contributed by atoms with van der Waals surface area (Å²) < 4.78 is 22.9. The molecule has 0 aromatic heterocycles. The Balaban J connectivity index is 1.58. The molecule has 2 aromatic rings. The highest BCUT2D eigenvalue weighted by Crippen LogP contribution is 2.41. The van der Waals surface area contributed by atoms with E-state index >= 15 is 0 Å². The maximum absolute atomic E-state index is 13.0. The lowest BCUT2D eigenvalue weighted by atomic mass is 10.1. The first kappa shape index (κ1) is 23.8. The minimum atomic E-state index is -0.390. The summed E-state index contributed by atoms with van der Waals surface area (Å²) in [5.41, 5.74) is 1.31. The van der Waals surface area contributed by atoms with Crippen molar-refractivity contribution in [1.82, 2.24) is 4.90 Å². The zero-order valence-electron chi connectivity index (χ0n) is 18.0. The van der Waals surface area contributed by atoms with Crippen molar-refractivity contribution in [3.05, 3.63) is 49.8 Å². The third kappa shape index (κ3) is 5.10. The third-order valence-electron chi connectivity index (χ3n) is 4.82. The van der Waals surface area contributed by atoms with Gasteiger partial charge in [0.2, 0.25) is 6.79 Å². The van der Waals surface area contributed by atoms with E-state index in [0.717, 1.165) is 23.1 Å². The number of nitrogens with zero attached hydrogens (tertiary/aromatic N) is 1. The topological polar surface area (TPSA) is 74.3 Å². The Labute approximate surface area is 209 Å². The number of carbonyl (C=O) groups is 2. The molecule has 0 radical (unpaired) electrons. The fourth-order valence-corrected chi connectivity index (χ4v) is 4.94. The van der Waals surface area contributed by atoms with Crippen molar-refractivity contribution in [2.24, 2.45) is 0 Å². The standard InChI is InChI=1S/C23H21BrClNO6S/c1-3-5-30-21-15(24)6-13(7-19(21)29-4-2)8-20-22(27)26(23(28)33-20)11-14-9-17-18(10-16(14)25)32-12-31-17/h6-10H,3-5,11-12H2,1-2H3/b20-8-. The molecular weight excluding hydrogens is 534 g/mol. The van der Waals surface area contributed by atoms with E-state index in [1.165, 1.54) is 0 Å². The van der Waals surface area contributed by atoms with Crippen molar-refractivity contribution in [1.29, 1.82) is 0 Å². The maximum atomic E-state index is 13.0. The van der Waals surface area contributed by atoms with Gasteiger partial charge in [-0.2, -0.15) is 0 Å². The first-order valence-electron chi connectivity index (χ1n) is 10.3. The van der Waals surface area contributed by atoms with Crippen LogP contribution in [0.4, 0.5) is 4.79 Å². The van der Waals surface area contributed by atoms with Crippen LogP contribution in [0.3, 0.4) is 0 Å². The van der Waals surface area contributed by atoms with Crippen LogP contribution in [0.5, 0.6) is 23.0 Å². The van der Waals surface area contributed by atoms with Crippen LogP contribution in [-0.2, 0) is 11.3 Å². The van der Waals surface area contributed by atoms with Crippen LogP contribution in [0.2, 0.25) is 5.02 Å². The maximum Gasteiger partial charge on any atom is 0.293 e. The number of thioether (sulfide) groups is 1. The summed E-state index contributed by atoms with van der Waals surface area (Å²) in [6.45, 7) is 5.08. The molecule has 2 heterocycles. The van der Waals surface area contributed by atoms with Crippen LogP contribution >= 0.6 is 39.3 Å². The summed E-state index contributed by atoms with van der Waals surface area (Å²) in [4.78, 5) is 27.1. The quantitative estimate of drug-likeness (QED) is 0.357. The molecule has 0 N–H and O–H groups in total. The van der Waals surface area contributed by atoms with Crippen LogP contribution in [-0.4, -0.2) is 36.1 Å². The van der Waals surface area contributed by atoms with E-state index in [4.69, 9.17) is 30.5 Å². The van der Waals surface area contributed by atoms with Gasteiger partial charge in [-0.3, -0.25) is 14.5 Å². The predicted molar refractivity (Wildman–Crippen MR) is 130 cm³/mol. The second-order valence-corrected chi connectivity index (χ2v) is 9.43. The fraction of sp³-hybridized carbons (Fsp3) is 0.304. The predicted octanol–water partition coefficient (Wildman–Crippen LogP) is 6.26. The lowest BCUT2D eigenvalue weighted by Gasteiger charge is -2.15. The van der Waals surface area contributed by atoms with Crippen molar-refractivity contribution in [3.63, 3.8) is 0 Å². The van der Waals surface area contributed by atoms with Gasteiger partial charge in [0.15, 0.2) is 23.0 Å². The molecule has 0 unspecified atom stereocenters. The Morgan fingerprint density at radius 2 is 1.91 bits per heavy atom. The van der Waals surface area contributed by atoms with Crippen LogP contribution < -0.4 is 18.9 Å². The molecule has 1 saturated heterocycles. The molecule has 7 nitrogen and oxygen atoms in total. The van der Waals surface area contributed by atoms with E-state index in [1.807, 2.05) is 19.9 Å². The van der Waals surface area contributed by atoms with Gasteiger partial charge in [-0.1, -0.05) is 18.5 Å². The number of fused-ring (bicyclic) bond motifs is 1. The molecule has 33 heavy (non-hydrogen) atoms. The van der Waals surface area contributed by atoms with Crippen molar-refractivity contribution >= 4 is 56.5 Å². The summed E-state index contributed by atoms with van der Waals surface area (Å²) in [5, 5.41) is 0.0298. The number of halogens is 2.